The van der Waals surface area contributed by atoms with Crippen LogP contribution in [0.1, 0.15) is 24.8 Å². The molecule has 2 N–H and O–H groups in total. The average molecular weight is 412 g/mol. The van der Waals surface area contributed by atoms with Crippen molar-refractivity contribution in [2.45, 2.75) is 31.9 Å². The molecule has 1 aliphatic rings. The number of esters is 1. The van der Waals surface area contributed by atoms with Gasteiger partial charge in [0.2, 0.25) is 5.91 Å². The van der Waals surface area contributed by atoms with E-state index >= 15 is 0 Å². The highest BCUT2D eigenvalue weighted by atomic mass is 19.3. The third-order valence-electron chi connectivity index (χ3n) is 4.31. The fraction of sp³-hybridized carbons (Fsp3) is 0.421. The minimum atomic E-state index is -2.99. The highest BCUT2D eigenvalue weighted by Crippen LogP contribution is 2.29. The van der Waals surface area contributed by atoms with Crippen molar-refractivity contribution in [1.29, 1.82) is 0 Å². The lowest BCUT2D eigenvalue weighted by atomic mass is 10.0. The topological polar surface area (TPSA) is 108 Å². The smallest absolute Gasteiger partial charge is 0.387 e. The van der Waals surface area contributed by atoms with E-state index in [-0.39, 0.29) is 11.5 Å². The fourth-order valence-corrected chi connectivity index (χ4v) is 2.94. The van der Waals surface area contributed by atoms with Crippen molar-refractivity contribution in [3.63, 3.8) is 0 Å². The molecule has 0 bridgehead atoms. The van der Waals surface area contributed by atoms with Crippen LogP contribution in [0.2, 0.25) is 0 Å². The molecule has 8 nitrogen and oxygen atoms in total. The molecular weight excluding hydrogens is 390 g/mol. The first kappa shape index (κ1) is 22.1. The maximum Gasteiger partial charge on any atom is 0.387 e. The van der Waals surface area contributed by atoms with E-state index in [4.69, 9.17) is 15.2 Å². The Morgan fingerprint density at radius 1 is 1.28 bits per heavy atom. The first-order chi connectivity index (χ1) is 13.8. The Bertz CT molecular complexity index is 784. The van der Waals surface area contributed by atoms with Crippen LogP contribution in [-0.4, -0.2) is 55.6 Å². The Kier molecular flexibility index (Phi) is 7.93. The molecule has 0 saturated carbocycles. The van der Waals surface area contributed by atoms with Crippen LogP contribution in [0.4, 0.5) is 8.78 Å². The van der Waals surface area contributed by atoms with Crippen LogP contribution in [0, 0.1) is 0 Å². The molecule has 1 aromatic rings. The van der Waals surface area contributed by atoms with Crippen molar-refractivity contribution in [1.82, 2.24) is 4.90 Å². The summed E-state index contributed by atoms with van der Waals surface area (Å²) in [5.74, 6) is -1.93. The summed E-state index contributed by atoms with van der Waals surface area (Å²) in [7, 11) is 1.29. The van der Waals surface area contributed by atoms with E-state index in [1.165, 1.54) is 36.3 Å². The molecule has 2 rings (SSSR count). The van der Waals surface area contributed by atoms with Gasteiger partial charge in [0.15, 0.2) is 18.1 Å². The molecule has 0 unspecified atom stereocenters. The highest BCUT2D eigenvalue weighted by molar-refractivity contribution is 5.91. The molecule has 2 amide bonds. The average Bonchev–Trinajstić information content (AvgIpc) is 2.70. The highest BCUT2D eigenvalue weighted by Gasteiger charge is 2.30. The monoisotopic (exact) mass is 412 g/mol. The van der Waals surface area contributed by atoms with Gasteiger partial charge in [-0.3, -0.25) is 9.59 Å². The first-order valence-corrected chi connectivity index (χ1v) is 8.88. The van der Waals surface area contributed by atoms with Crippen molar-refractivity contribution in [3.05, 3.63) is 29.8 Å². The summed E-state index contributed by atoms with van der Waals surface area (Å²) in [6.45, 7) is -3.13. The zero-order valence-corrected chi connectivity index (χ0v) is 15.8. The minimum absolute atomic E-state index is 0.0681. The zero-order chi connectivity index (χ0) is 21.4. The number of likely N-dealkylation sites (tertiary alicyclic amines) is 1. The van der Waals surface area contributed by atoms with Crippen molar-refractivity contribution >= 4 is 23.9 Å². The number of carbonyl (C=O) groups is 3. The first-order valence-electron chi connectivity index (χ1n) is 8.88. The predicted octanol–water partition coefficient (Wildman–Crippen LogP) is 1.72. The normalized spacial score (nSPS) is 16.7. The van der Waals surface area contributed by atoms with Gasteiger partial charge in [0.05, 0.1) is 7.11 Å². The summed E-state index contributed by atoms with van der Waals surface area (Å²) in [5, 5.41) is 0. The predicted molar refractivity (Wildman–Crippen MR) is 98.2 cm³/mol. The number of alkyl halides is 2. The number of piperidine rings is 1. The van der Waals surface area contributed by atoms with Crippen LogP contribution in [-0.2, 0) is 19.1 Å². The third kappa shape index (κ3) is 6.44. The number of methoxy groups -OCH3 is 1. The van der Waals surface area contributed by atoms with Gasteiger partial charge in [0.25, 0.3) is 5.91 Å². The molecule has 1 aromatic carbocycles. The second-order valence-electron chi connectivity index (χ2n) is 6.23. The van der Waals surface area contributed by atoms with Crippen molar-refractivity contribution < 1.29 is 37.4 Å². The van der Waals surface area contributed by atoms with Gasteiger partial charge in [0.1, 0.15) is 6.04 Å². The van der Waals surface area contributed by atoms with E-state index < -0.39 is 37.0 Å². The lowest BCUT2D eigenvalue weighted by molar-refractivity contribution is -0.151. The van der Waals surface area contributed by atoms with Gasteiger partial charge >= 0.3 is 12.6 Å². The van der Waals surface area contributed by atoms with Crippen molar-refractivity contribution in [2.24, 2.45) is 5.73 Å². The quantitative estimate of drug-likeness (QED) is 0.515. The fourth-order valence-electron chi connectivity index (χ4n) is 2.94. The number of carbonyl (C=O) groups excluding carboxylic acids is 3. The van der Waals surface area contributed by atoms with E-state index in [2.05, 4.69) is 4.74 Å². The number of nitrogens with two attached hydrogens (primary N) is 1. The van der Waals surface area contributed by atoms with Crippen LogP contribution < -0.4 is 15.2 Å². The summed E-state index contributed by atoms with van der Waals surface area (Å²) >= 11 is 0. The van der Waals surface area contributed by atoms with Gasteiger partial charge in [-0.05, 0) is 43.0 Å². The molecule has 0 aromatic heterocycles. The Morgan fingerprint density at radius 3 is 2.69 bits per heavy atom. The van der Waals surface area contributed by atoms with Crippen LogP contribution in [0.5, 0.6) is 11.5 Å². The summed E-state index contributed by atoms with van der Waals surface area (Å²) in [5.41, 5.74) is 5.78. The number of primary amides is 1. The second-order valence-corrected chi connectivity index (χ2v) is 6.23. The number of amides is 2. The molecule has 1 saturated heterocycles. The zero-order valence-electron chi connectivity index (χ0n) is 15.8. The molecule has 10 heteroatoms. The van der Waals surface area contributed by atoms with Crippen LogP contribution in [0.15, 0.2) is 24.3 Å². The van der Waals surface area contributed by atoms with Gasteiger partial charge in [-0.25, -0.2) is 4.79 Å². The Hall–Kier alpha value is -3.17. The summed E-state index contributed by atoms with van der Waals surface area (Å²) in [6.07, 6.45) is 4.48. The number of halogens is 2. The van der Waals surface area contributed by atoms with Gasteiger partial charge in [-0.15, -0.1) is 0 Å². The van der Waals surface area contributed by atoms with Crippen LogP contribution in [0.3, 0.4) is 0 Å². The van der Waals surface area contributed by atoms with E-state index in [1.807, 2.05) is 0 Å². The SMILES string of the molecule is COc1cc(/C=C/C(=O)OCC(=O)N2CCCC[C@H]2C(N)=O)ccc1OC(F)F. The molecule has 1 fully saturated rings. The lowest BCUT2D eigenvalue weighted by Crippen LogP contribution is -2.51. The van der Waals surface area contributed by atoms with Crippen LogP contribution >= 0.6 is 0 Å². The Balaban J connectivity index is 1.92. The molecule has 0 radical (unpaired) electrons. The standard InChI is InChI=1S/C19H22F2N2O6/c1-27-15-10-12(5-7-14(15)29-19(20)21)6-8-17(25)28-11-16(24)23-9-3-2-4-13(23)18(22)26/h5-8,10,13,19H,2-4,9,11H2,1H3,(H2,22,26)/b8-6+/t13-/m0/s1. The van der Waals surface area contributed by atoms with Crippen LogP contribution in [0.25, 0.3) is 6.08 Å². The number of hydrogen-bond donors (Lipinski definition) is 1. The summed E-state index contributed by atoms with van der Waals surface area (Å²) < 4.78 is 38.9. The van der Waals surface area contributed by atoms with Crippen molar-refractivity contribution in [2.75, 3.05) is 20.3 Å². The van der Waals surface area contributed by atoms with Gasteiger partial charge < -0.3 is 24.8 Å². The molecule has 158 valence electrons. The molecule has 0 spiro atoms. The van der Waals surface area contributed by atoms with E-state index in [0.29, 0.717) is 18.5 Å². The molecule has 1 heterocycles. The number of hydrogen-bond acceptors (Lipinski definition) is 6. The molecular formula is C19H22F2N2O6. The Morgan fingerprint density at radius 2 is 2.03 bits per heavy atom. The maximum atomic E-state index is 12.3. The molecule has 1 aliphatic heterocycles. The van der Waals surface area contributed by atoms with Crippen molar-refractivity contribution in [3.8, 4) is 11.5 Å². The molecule has 1 atom stereocenters. The molecule has 29 heavy (non-hydrogen) atoms. The number of rotatable bonds is 8. The molecule has 0 aliphatic carbocycles. The number of ether oxygens (including phenoxy) is 3. The number of nitrogens with zero attached hydrogens (tertiary/aromatic N) is 1. The van der Waals surface area contributed by atoms with E-state index in [0.717, 1.165) is 18.9 Å². The Labute approximate surface area is 166 Å². The summed E-state index contributed by atoms with van der Waals surface area (Å²) in [6, 6.07) is 3.44. The lowest BCUT2D eigenvalue weighted by Gasteiger charge is -2.33. The van der Waals surface area contributed by atoms with Gasteiger partial charge in [0, 0.05) is 12.6 Å². The number of benzene rings is 1. The summed E-state index contributed by atoms with van der Waals surface area (Å²) in [4.78, 5) is 36.9. The minimum Gasteiger partial charge on any atom is -0.493 e. The van der Waals surface area contributed by atoms with Gasteiger partial charge in [-0.2, -0.15) is 8.78 Å². The van der Waals surface area contributed by atoms with E-state index in [9.17, 15) is 23.2 Å². The largest absolute Gasteiger partial charge is 0.493 e. The van der Waals surface area contributed by atoms with E-state index in [1.54, 1.807) is 0 Å². The van der Waals surface area contributed by atoms with Gasteiger partial charge in [-0.1, -0.05) is 6.07 Å². The maximum absolute atomic E-state index is 12.3. The third-order valence-corrected chi connectivity index (χ3v) is 4.31. The second kappa shape index (κ2) is 10.4.